The van der Waals surface area contributed by atoms with Crippen molar-refractivity contribution in [3.05, 3.63) is 23.8 Å². The number of aryl methyl sites for hydroxylation is 1. The quantitative estimate of drug-likeness (QED) is 0.643. The van der Waals surface area contributed by atoms with Crippen molar-refractivity contribution in [2.45, 2.75) is 30.7 Å². The van der Waals surface area contributed by atoms with Crippen LogP contribution in [0.3, 0.4) is 0 Å². The molecule has 0 saturated carbocycles. The predicted molar refractivity (Wildman–Crippen MR) is 99.1 cm³/mol. The monoisotopic (exact) mass is 436 g/mol. The van der Waals surface area contributed by atoms with E-state index in [-0.39, 0.29) is 46.2 Å². The fourth-order valence-electron chi connectivity index (χ4n) is 3.33. The van der Waals surface area contributed by atoms with E-state index < -0.39 is 41.8 Å². The maximum absolute atomic E-state index is 12.9. The van der Waals surface area contributed by atoms with Crippen molar-refractivity contribution < 1.29 is 30.0 Å². The summed E-state index contributed by atoms with van der Waals surface area (Å²) in [6.45, 7) is 1.50. The summed E-state index contributed by atoms with van der Waals surface area (Å²) in [5, 5.41) is 0. The standard InChI is InChI=1S/C15H20N2O7S3/c1-11-9-12(17-15(18)6-8-26(17,21)22)3-4-14(11)27(23,24)16(2)13-5-7-25(19,20)10-13/h3-4,9,13H,5-8,10H2,1-2H3/t13-/m0/s1. The lowest BCUT2D eigenvalue weighted by Gasteiger charge is -2.24. The van der Waals surface area contributed by atoms with E-state index in [0.717, 1.165) is 4.31 Å². The van der Waals surface area contributed by atoms with E-state index in [1.165, 1.54) is 32.2 Å². The lowest BCUT2D eigenvalue weighted by Crippen LogP contribution is -2.38. The third-order valence-corrected chi connectivity index (χ3v) is 10.4. The summed E-state index contributed by atoms with van der Waals surface area (Å²) in [5.41, 5.74) is 0.371. The van der Waals surface area contributed by atoms with Crippen LogP contribution in [0.2, 0.25) is 0 Å². The van der Waals surface area contributed by atoms with E-state index in [1.807, 2.05) is 0 Å². The van der Waals surface area contributed by atoms with Crippen molar-refractivity contribution >= 4 is 41.5 Å². The molecule has 1 aromatic rings. The maximum atomic E-state index is 12.9. The number of benzene rings is 1. The molecule has 0 unspecified atom stereocenters. The number of hydrogen-bond acceptors (Lipinski definition) is 7. The number of rotatable bonds is 4. The van der Waals surface area contributed by atoms with Crippen LogP contribution in [0.5, 0.6) is 0 Å². The summed E-state index contributed by atoms with van der Waals surface area (Å²) in [6.07, 6.45) is 0.121. The summed E-state index contributed by atoms with van der Waals surface area (Å²) < 4.78 is 74.9. The Kier molecular flexibility index (Phi) is 4.90. The van der Waals surface area contributed by atoms with Crippen LogP contribution in [-0.4, -0.2) is 65.8 Å². The Morgan fingerprint density at radius 3 is 2.30 bits per heavy atom. The third-order valence-electron chi connectivity index (χ3n) is 4.85. The van der Waals surface area contributed by atoms with Crippen LogP contribution in [-0.2, 0) is 34.7 Å². The topological polar surface area (TPSA) is 126 Å². The van der Waals surface area contributed by atoms with Crippen LogP contribution in [0.25, 0.3) is 0 Å². The minimum absolute atomic E-state index is 0.0512. The van der Waals surface area contributed by atoms with Crippen molar-refractivity contribution in [1.29, 1.82) is 0 Å². The van der Waals surface area contributed by atoms with E-state index in [9.17, 15) is 30.0 Å². The van der Waals surface area contributed by atoms with E-state index in [1.54, 1.807) is 0 Å². The summed E-state index contributed by atoms with van der Waals surface area (Å²) in [4.78, 5) is 11.8. The van der Waals surface area contributed by atoms with Crippen molar-refractivity contribution in [2.24, 2.45) is 0 Å². The second-order valence-corrected chi connectivity index (χ2v) is 12.9. The number of amides is 1. The highest BCUT2D eigenvalue weighted by Gasteiger charge is 2.39. The van der Waals surface area contributed by atoms with Gasteiger partial charge in [0.15, 0.2) is 9.84 Å². The van der Waals surface area contributed by atoms with Crippen LogP contribution >= 0.6 is 0 Å². The molecule has 2 aliphatic rings. The fraction of sp³-hybridized carbons (Fsp3) is 0.533. The van der Waals surface area contributed by atoms with Gasteiger partial charge in [0.25, 0.3) is 0 Å². The molecule has 1 aromatic carbocycles. The Bertz CT molecular complexity index is 1110. The highest BCUT2D eigenvalue weighted by Crippen LogP contribution is 2.31. The van der Waals surface area contributed by atoms with Crippen LogP contribution in [0, 0.1) is 6.92 Å². The van der Waals surface area contributed by atoms with Gasteiger partial charge in [0.05, 0.1) is 27.8 Å². The van der Waals surface area contributed by atoms with Crippen molar-refractivity contribution in [3.8, 4) is 0 Å². The molecule has 1 atom stereocenters. The van der Waals surface area contributed by atoms with Gasteiger partial charge in [0, 0.05) is 19.5 Å². The molecule has 2 heterocycles. The van der Waals surface area contributed by atoms with Gasteiger partial charge in [0.1, 0.15) is 0 Å². The van der Waals surface area contributed by atoms with Crippen molar-refractivity contribution in [2.75, 3.05) is 28.6 Å². The molecule has 9 nitrogen and oxygen atoms in total. The molecule has 0 spiro atoms. The zero-order valence-electron chi connectivity index (χ0n) is 14.8. The number of carbonyl (C=O) groups is 1. The van der Waals surface area contributed by atoms with Gasteiger partial charge in [-0.2, -0.15) is 4.31 Å². The Hall–Kier alpha value is -1.50. The predicted octanol–water partition coefficient (Wildman–Crippen LogP) is -0.131. The molecular formula is C15H20N2O7S3. The first-order valence-corrected chi connectivity index (χ1v) is 13.1. The van der Waals surface area contributed by atoms with E-state index in [0.29, 0.717) is 4.31 Å². The smallest absolute Gasteiger partial charge is 0.243 e. The van der Waals surface area contributed by atoms with Gasteiger partial charge in [-0.05, 0) is 37.1 Å². The number of anilines is 1. The summed E-state index contributed by atoms with van der Waals surface area (Å²) in [6, 6.07) is 3.23. The van der Waals surface area contributed by atoms with Gasteiger partial charge >= 0.3 is 0 Å². The number of hydrogen-bond donors (Lipinski definition) is 0. The number of nitrogens with zero attached hydrogens (tertiary/aromatic N) is 2. The Morgan fingerprint density at radius 2 is 1.81 bits per heavy atom. The van der Waals surface area contributed by atoms with E-state index in [4.69, 9.17) is 0 Å². The molecule has 12 heteroatoms. The molecule has 0 bridgehead atoms. The largest absolute Gasteiger partial charge is 0.273 e. The molecule has 27 heavy (non-hydrogen) atoms. The molecule has 0 N–H and O–H groups in total. The van der Waals surface area contributed by atoms with E-state index in [2.05, 4.69) is 0 Å². The highest BCUT2D eigenvalue weighted by molar-refractivity contribution is 7.94. The Labute approximate surface area is 159 Å². The van der Waals surface area contributed by atoms with Crippen LogP contribution in [0.15, 0.2) is 23.1 Å². The maximum Gasteiger partial charge on any atom is 0.243 e. The third kappa shape index (κ3) is 3.62. The summed E-state index contributed by atoms with van der Waals surface area (Å²) in [7, 11) is -9.62. The molecule has 2 fully saturated rings. The van der Waals surface area contributed by atoms with Crippen molar-refractivity contribution in [1.82, 2.24) is 4.31 Å². The minimum atomic E-state index is -3.97. The lowest BCUT2D eigenvalue weighted by molar-refractivity contribution is -0.116. The molecule has 1 amide bonds. The van der Waals surface area contributed by atoms with Gasteiger partial charge in [-0.25, -0.2) is 29.6 Å². The first-order valence-electron chi connectivity index (χ1n) is 8.20. The second kappa shape index (κ2) is 6.54. The van der Waals surface area contributed by atoms with Crippen LogP contribution in [0.1, 0.15) is 18.4 Å². The molecule has 150 valence electrons. The molecule has 2 aliphatic heterocycles. The zero-order valence-corrected chi connectivity index (χ0v) is 17.3. The number of sulfonamides is 2. The molecule has 0 radical (unpaired) electrons. The molecule has 3 rings (SSSR count). The summed E-state index contributed by atoms with van der Waals surface area (Å²) >= 11 is 0. The molecule has 2 saturated heterocycles. The fourth-order valence-corrected chi connectivity index (χ4v) is 8.24. The Balaban J connectivity index is 1.95. The van der Waals surface area contributed by atoms with Gasteiger partial charge in [-0.1, -0.05) is 0 Å². The van der Waals surface area contributed by atoms with Gasteiger partial charge in [-0.15, -0.1) is 0 Å². The number of carbonyl (C=O) groups excluding carboxylic acids is 1. The highest BCUT2D eigenvalue weighted by atomic mass is 32.2. The van der Waals surface area contributed by atoms with E-state index >= 15 is 0 Å². The van der Waals surface area contributed by atoms with Crippen molar-refractivity contribution in [3.63, 3.8) is 0 Å². The van der Waals surface area contributed by atoms with Gasteiger partial charge < -0.3 is 0 Å². The lowest BCUT2D eigenvalue weighted by atomic mass is 10.2. The summed E-state index contributed by atoms with van der Waals surface area (Å²) in [5.74, 6) is -1.10. The minimum Gasteiger partial charge on any atom is -0.273 e. The Morgan fingerprint density at radius 1 is 1.15 bits per heavy atom. The molecule has 0 aliphatic carbocycles. The van der Waals surface area contributed by atoms with Gasteiger partial charge in [0.2, 0.25) is 26.0 Å². The first-order chi connectivity index (χ1) is 12.3. The van der Waals surface area contributed by atoms with Crippen LogP contribution < -0.4 is 4.31 Å². The number of sulfone groups is 1. The average Bonchev–Trinajstić information content (AvgIpc) is 3.04. The van der Waals surface area contributed by atoms with Gasteiger partial charge in [-0.3, -0.25) is 4.79 Å². The molecular weight excluding hydrogens is 416 g/mol. The second-order valence-electron chi connectivity index (χ2n) is 6.75. The van der Waals surface area contributed by atoms with Crippen LogP contribution in [0.4, 0.5) is 5.69 Å². The molecule has 0 aromatic heterocycles. The SMILES string of the molecule is Cc1cc(N2C(=O)CCS2(=O)=O)ccc1S(=O)(=O)N(C)[C@H]1CCS(=O)(=O)C1. The normalized spacial score (nSPS) is 24.6. The average molecular weight is 437 g/mol. The zero-order chi connectivity index (χ0) is 20.2. The first kappa shape index (κ1) is 20.2.